The van der Waals surface area contributed by atoms with Gasteiger partial charge in [-0.2, -0.15) is 0 Å². The number of rotatable bonds is 2. The van der Waals surface area contributed by atoms with E-state index in [0.717, 1.165) is 17.5 Å². The monoisotopic (exact) mass is 261 g/mol. The van der Waals surface area contributed by atoms with Gasteiger partial charge in [-0.3, -0.25) is 4.79 Å². The predicted octanol–water partition coefficient (Wildman–Crippen LogP) is 3.57. The number of fused-ring (bicyclic) bond motifs is 5. The number of carbonyl (C=O) groups excluding carboxylic acids is 1. The van der Waals surface area contributed by atoms with Crippen molar-refractivity contribution in [3.05, 3.63) is 29.3 Å². The molecule has 0 heterocycles. The van der Waals surface area contributed by atoms with Crippen molar-refractivity contribution in [2.45, 2.75) is 19.3 Å². The highest BCUT2D eigenvalue weighted by atomic mass is 35.5. The molecule has 4 atom stereocenters. The summed E-state index contributed by atoms with van der Waals surface area (Å²) in [7, 11) is 0. The van der Waals surface area contributed by atoms with Gasteiger partial charge >= 0.3 is 0 Å². The zero-order valence-corrected chi connectivity index (χ0v) is 10.9. The molecule has 1 amide bonds. The van der Waals surface area contributed by atoms with Gasteiger partial charge in [0, 0.05) is 16.6 Å². The van der Waals surface area contributed by atoms with E-state index in [0.29, 0.717) is 16.9 Å². The van der Waals surface area contributed by atoms with Crippen LogP contribution in [0, 0.1) is 29.6 Å². The van der Waals surface area contributed by atoms with Gasteiger partial charge in [0.05, 0.1) is 0 Å². The zero-order chi connectivity index (χ0) is 12.3. The highest BCUT2D eigenvalue weighted by Crippen LogP contribution is 2.69. The molecule has 0 saturated heterocycles. The molecule has 0 aliphatic heterocycles. The smallest absolute Gasteiger partial charge is 0.228 e. The summed E-state index contributed by atoms with van der Waals surface area (Å²) in [5, 5.41) is 3.69. The first kappa shape index (κ1) is 10.9. The number of hydrogen-bond donors (Lipinski definition) is 1. The molecule has 1 aromatic rings. The molecule has 3 aliphatic rings. The molecule has 3 fully saturated rings. The molecule has 2 bridgehead atoms. The number of amides is 1. The van der Waals surface area contributed by atoms with Crippen LogP contribution in [0.1, 0.15) is 19.3 Å². The van der Waals surface area contributed by atoms with E-state index in [1.165, 1.54) is 19.3 Å². The highest BCUT2D eigenvalue weighted by molar-refractivity contribution is 6.30. The summed E-state index contributed by atoms with van der Waals surface area (Å²) < 4.78 is 0. The maximum atomic E-state index is 12.3. The summed E-state index contributed by atoms with van der Waals surface area (Å²) in [5.74, 6) is 3.58. The molecule has 0 radical (unpaired) electrons. The van der Waals surface area contributed by atoms with Gasteiger partial charge in [0.25, 0.3) is 0 Å². The number of nitrogens with one attached hydrogen (secondary N) is 1. The van der Waals surface area contributed by atoms with Crippen molar-refractivity contribution in [2.24, 2.45) is 29.6 Å². The van der Waals surface area contributed by atoms with Crippen LogP contribution in [0.4, 0.5) is 5.69 Å². The fourth-order valence-electron chi connectivity index (χ4n) is 4.47. The summed E-state index contributed by atoms with van der Waals surface area (Å²) in [6.45, 7) is 0. The maximum absolute atomic E-state index is 12.3. The molecule has 94 valence electrons. The van der Waals surface area contributed by atoms with Crippen molar-refractivity contribution in [3.8, 4) is 0 Å². The highest BCUT2D eigenvalue weighted by Gasteiger charge is 2.67. The van der Waals surface area contributed by atoms with Crippen LogP contribution >= 0.6 is 11.6 Å². The SMILES string of the molecule is O=C(Nc1cccc(Cl)c1)C1C2C3CCC(C3)C12. The van der Waals surface area contributed by atoms with Crippen LogP contribution in [0.2, 0.25) is 5.02 Å². The molecule has 4 rings (SSSR count). The van der Waals surface area contributed by atoms with Crippen LogP contribution in [0.25, 0.3) is 0 Å². The second-order valence-corrected chi connectivity index (χ2v) is 6.45. The topological polar surface area (TPSA) is 29.1 Å². The van der Waals surface area contributed by atoms with Gasteiger partial charge in [-0.1, -0.05) is 17.7 Å². The number of hydrogen-bond acceptors (Lipinski definition) is 1. The minimum atomic E-state index is 0.212. The first-order chi connectivity index (χ1) is 8.74. The third-order valence-electron chi connectivity index (χ3n) is 5.13. The Morgan fingerprint density at radius 1 is 1.22 bits per heavy atom. The molecule has 4 unspecified atom stereocenters. The molecule has 0 aromatic heterocycles. The normalized spacial score (nSPS) is 39.5. The number of carbonyl (C=O) groups is 1. The van der Waals surface area contributed by atoms with Crippen molar-refractivity contribution in [1.29, 1.82) is 0 Å². The Balaban J connectivity index is 1.47. The number of anilines is 1. The molecule has 3 saturated carbocycles. The Morgan fingerprint density at radius 3 is 2.61 bits per heavy atom. The van der Waals surface area contributed by atoms with Crippen LogP contribution < -0.4 is 5.32 Å². The van der Waals surface area contributed by atoms with Gasteiger partial charge in [0.2, 0.25) is 5.91 Å². The van der Waals surface area contributed by atoms with Crippen LogP contribution in [0.5, 0.6) is 0 Å². The van der Waals surface area contributed by atoms with Gasteiger partial charge in [0.1, 0.15) is 0 Å². The van der Waals surface area contributed by atoms with Crippen LogP contribution in [0.3, 0.4) is 0 Å². The minimum Gasteiger partial charge on any atom is -0.326 e. The fourth-order valence-corrected chi connectivity index (χ4v) is 4.66. The lowest BCUT2D eigenvalue weighted by Gasteiger charge is -2.09. The average Bonchev–Trinajstić information content (AvgIpc) is 2.79. The summed E-state index contributed by atoms with van der Waals surface area (Å²) >= 11 is 5.92. The Hall–Kier alpha value is -1.02. The second kappa shape index (κ2) is 3.74. The number of halogens is 1. The van der Waals surface area contributed by atoms with Crippen LogP contribution in [0.15, 0.2) is 24.3 Å². The van der Waals surface area contributed by atoms with Crippen molar-refractivity contribution in [3.63, 3.8) is 0 Å². The van der Waals surface area contributed by atoms with E-state index in [4.69, 9.17) is 11.6 Å². The molecule has 18 heavy (non-hydrogen) atoms. The van der Waals surface area contributed by atoms with Crippen molar-refractivity contribution >= 4 is 23.2 Å². The molecule has 0 spiro atoms. The fraction of sp³-hybridized carbons (Fsp3) is 0.533. The molecular formula is C15H16ClNO. The predicted molar refractivity (Wildman–Crippen MR) is 71.4 cm³/mol. The van der Waals surface area contributed by atoms with E-state index in [-0.39, 0.29) is 11.8 Å². The van der Waals surface area contributed by atoms with E-state index >= 15 is 0 Å². The Morgan fingerprint density at radius 2 is 1.94 bits per heavy atom. The van der Waals surface area contributed by atoms with E-state index in [9.17, 15) is 4.79 Å². The second-order valence-electron chi connectivity index (χ2n) is 6.01. The summed E-state index contributed by atoms with van der Waals surface area (Å²) in [6.07, 6.45) is 4.09. The van der Waals surface area contributed by atoms with Gasteiger partial charge in [-0.25, -0.2) is 0 Å². The van der Waals surface area contributed by atoms with E-state index in [1.54, 1.807) is 0 Å². The largest absolute Gasteiger partial charge is 0.326 e. The lowest BCUT2D eigenvalue weighted by Crippen LogP contribution is -2.18. The quantitative estimate of drug-likeness (QED) is 0.866. The molecular weight excluding hydrogens is 246 g/mol. The van der Waals surface area contributed by atoms with Crippen LogP contribution in [-0.2, 0) is 4.79 Å². The first-order valence-corrected chi connectivity index (χ1v) is 7.18. The van der Waals surface area contributed by atoms with Crippen molar-refractivity contribution in [2.75, 3.05) is 5.32 Å². The van der Waals surface area contributed by atoms with Crippen molar-refractivity contribution in [1.82, 2.24) is 0 Å². The van der Waals surface area contributed by atoms with E-state index in [2.05, 4.69) is 5.32 Å². The first-order valence-electron chi connectivity index (χ1n) is 6.80. The summed E-state index contributed by atoms with van der Waals surface area (Å²) in [4.78, 5) is 12.3. The summed E-state index contributed by atoms with van der Waals surface area (Å²) in [5.41, 5.74) is 0.824. The Labute approximate surface area is 112 Å². The lowest BCUT2D eigenvalue weighted by molar-refractivity contribution is -0.118. The Bertz CT molecular complexity index is 499. The standard InChI is InChI=1S/C15H16ClNO/c16-10-2-1-3-11(7-10)17-15(18)14-12-8-4-5-9(6-8)13(12)14/h1-3,7-9,12-14H,4-6H2,(H,17,18). The Kier molecular flexibility index (Phi) is 2.25. The van der Waals surface area contributed by atoms with E-state index in [1.807, 2.05) is 24.3 Å². The number of benzene rings is 1. The van der Waals surface area contributed by atoms with E-state index < -0.39 is 0 Å². The lowest BCUT2D eigenvalue weighted by atomic mass is 10.0. The van der Waals surface area contributed by atoms with Gasteiger partial charge < -0.3 is 5.32 Å². The minimum absolute atomic E-state index is 0.212. The molecule has 1 aromatic carbocycles. The van der Waals surface area contributed by atoms with Gasteiger partial charge in [0.15, 0.2) is 0 Å². The molecule has 2 nitrogen and oxygen atoms in total. The van der Waals surface area contributed by atoms with Crippen molar-refractivity contribution < 1.29 is 4.79 Å². The van der Waals surface area contributed by atoms with Crippen LogP contribution in [-0.4, -0.2) is 5.91 Å². The third kappa shape index (κ3) is 1.51. The zero-order valence-electron chi connectivity index (χ0n) is 10.1. The van der Waals surface area contributed by atoms with Gasteiger partial charge in [-0.05, 0) is 61.1 Å². The van der Waals surface area contributed by atoms with Gasteiger partial charge in [-0.15, -0.1) is 0 Å². The molecule has 1 N–H and O–H groups in total. The maximum Gasteiger partial charge on any atom is 0.228 e. The summed E-state index contributed by atoms with van der Waals surface area (Å²) in [6, 6.07) is 7.40. The average molecular weight is 262 g/mol. The molecule has 3 aliphatic carbocycles. The molecule has 3 heteroatoms. The third-order valence-corrected chi connectivity index (χ3v) is 5.37.